The molecule has 0 heterocycles. The summed E-state index contributed by atoms with van der Waals surface area (Å²) < 4.78 is 16.9. The standard InChI is InChI=1S/C63H114O6/c1-4-7-10-13-16-19-22-25-28-30-31-33-35-38-41-44-47-50-53-56-62(65)68-59-60(58-67-61(64)55-52-49-46-43-40-37-34-27-24-21-18-15-12-9-6-3)69-63(66)57-54-51-48-45-42-39-36-32-29-26-23-20-17-14-11-8-5-2/h18,21,25-29,34,60H,4-17,19-20,22-24,30-33,35-59H2,1-3H3/b21-18-,28-25-,29-26-,34-27-/t60-/m1/s1. The van der Waals surface area contributed by atoms with Gasteiger partial charge in [-0.25, -0.2) is 0 Å². The Morgan fingerprint density at radius 1 is 0.290 bits per heavy atom. The van der Waals surface area contributed by atoms with Crippen LogP contribution in [0.5, 0.6) is 0 Å². The molecule has 0 amide bonds. The molecule has 1 atom stereocenters. The number of hydrogen-bond acceptors (Lipinski definition) is 6. The second kappa shape index (κ2) is 57.9. The van der Waals surface area contributed by atoms with Crippen molar-refractivity contribution in [3.05, 3.63) is 48.6 Å². The topological polar surface area (TPSA) is 78.9 Å². The zero-order chi connectivity index (χ0) is 50.0. The fourth-order valence-corrected chi connectivity index (χ4v) is 8.70. The van der Waals surface area contributed by atoms with Gasteiger partial charge in [0.15, 0.2) is 6.10 Å². The van der Waals surface area contributed by atoms with E-state index < -0.39 is 6.10 Å². The zero-order valence-electron chi connectivity index (χ0n) is 46.1. The summed E-state index contributed by atoms with van der Waals surface area (Å²) in [6.45, 7) is 6.63. The molecule has 6 nitrogen and oxygen atoms in total. The summed E-state index contributed by atoms with van der Waals surface area (Å²) in [6.07, 6.45) is 71.0. The monoisotopic (exact) mass is 967 g/mol. The van der Waals surface area contributed by atoms with Crippen LogP contribution in [0, 0.1) is 0 Å². The molecule has 0 saturated heterocycles. The third kappa shape index (κ3) is 56.2. The van der Waals surface area contributed by atoms with Gasteiger partial charge >= 0.3 is 17.9 Å². The number of esters is 3. The van der Waals surface area contributed by atoms with Crippen molar-refractivity contribution >= 4 is 17.9 Å². The highest BCUT2D eigenvalue weighted by Crippen LogP contribution is 2.16. The Hall–Kier alpha value is -2.63. The van der Waals surface area contributed by atoms with Crippen LogP contribution in [0.25, 0.3) is 0 Å². The van der Waals surface area contributed by atoms with E-state index in [1.54, 1.807) is 0 Å². The van der Waals surface area contributed by atoms with E-state index in [1.165, 1.54) is 199 Å². The molecule has 0 N–H and O–H groups in total. The predicted octanol–water partition coefficient (Wildman–Crippen LogP) is 20.2. The lowest BCUT2D eigenvalue weighted by atomic mass is 10.1. The van der Waals surface area contributed by atoms with Crippen LogP contribution in [0.15, 0.2) is 48.6 Å². The first-order valence-corrected chi connectivity index (χ1v) is 30.1. The summed E-state index contributed by atoms with van der Waals surface area (Å²) in [5.74, 6) is -0.884. The summed E-state index contributed by atoms with van der Waals surface area (Å²) in [5.41, 5.74) is 0. The summed E-state index contributed by atoms with van der Waals surface area (Å²) in [6, 6.07) is 0. The molecule has 0 bridgehead atoms. The first-order valence-electron chi connectivity index (χ1n) is 30.1. The van der Waals surface area contributed by atoms with Crippen LogP contribution in [-0.2, 0) is 28.6 Å². The van der Waals surface area contributed by atoms with Crippen LogP contribution in [0.2, 0.25) is 0 Å². The Morgan fingerprint density at radius 3 is 0.841 bits per heavy atom. The molecule has 0 aromatic heterocycles. The van der Waals surface area contributed by atoms with Crippen molar-refractivity contribution in [1.29, 1.82) is 0 Å². The predicted molar refractivity (Wildman–Crippen MR) is 298 cm³/mol. The van der Waals surface area contributed by atoms with E-state index in [-0.39, 0.29) is 31.1 Å². The maximum absolute atomic E-state index is 12.9. The zero-order valence-corrected chi connectivity index (χ0v) is 46.1. The minimum atomic E-state index is -0.782. The average molecular weight is 968 g/mol. The van der Waals surface area contributed by atoms with Crippen molar-refractivity contribution in [2.24, 2.45) is 0 Å². The normalized spacial score (nSPS) is 12.3. The summed E-state index contributed by atoms with van der Waals surface area (Å²) >= 11 is 0. The molecule has 0 aromatic carbocycles. The average Bonchev–Trinajstić information content (AvgIpc) is 3.35. The van der Waals surface area contributed by atoms with Gasteiger partial charge < -0.3 is 14.2 Å². The van der Waals surface area contributed by atoms with Gasteiger partial charge in [0.25, 0.3) is 0 Å². The molecule has 0 aliphatic heterocycles. The number of rotatable bonds is 55. The minimum Gasteiger partial charge on any atom is -0.462 e. The molecule has 6 heteroatoms. The summed E-state index contributed by atoms with van der Waals surface area (Å²) in [5, 5.41) is 0. The molecule has 0 fully saturated rings. The van der Waals surface area contributed by atoms with Crippen LogP contribution in [0.4, 0.5) is 0 Å². The number of carbonyl (C=O) groups is 3. The number of ether oxygens (including phenoxy) is 3. The highest BCUT2D eigenvalue weighted by atomic mass is 16.6. The number of hydrogen-bond donors (Lipinski definition) is 0. The van der Waals surface area contributed by atoms with Gasteiger partial charge in [0.2, 0.25) is 0 Å². The Labute approximate surface area is 428 Å². The van der Waals surface area contributed by atoms with Gasteiger partial charge in [0.1, 0.15) is 13.2 Å². The van der Waals surface area contributed by atoms with Gasteiger partial charge in [-0.3, -0.25) is 14.4 Å². The summed E-state index contributed by atoms with van der Waals surface area (Å²) in [4.78, 5) is 38.2. The van der Waals surface area contributed by atoms with Crippen molar-refractivity contribution in [3.8, 4) is 0 Å². The Balaban J connectivity index is 4.37. The van der Waals surface area contributed by atoms with Gasteiger partial charge in [0.05, 0.1) is 0 Å². The Morgan fingerprint density at radius 2 is 0.522 bits per heavy atom. The van der Waals surface area contributed by atoms with E-state index in [4.69, 9.17) is 14.2 Å². The number of allylic oxidation sites excluding steroid dienone is 8. The first kappa shape index (κ1) is 66.4. The van der Waals surface area contributed by atoms with Crippen LogP contribution in [-0.4, -0.2) is 37.2 Å². The molecule has 69 heavy (non-hydrogen) atoms. The van der Waals surface area contributed by atoms with E-state index in [2.05, 4.69) is 69.4 Å². The van der Waals surface area contributed by atoms with Gasteiger partial charge in [-0.15, -0.1) is 0 Å². The highest BCUT2D eigenvalue weighted by molar-refractivity contribution is 5.71. The molecule has 0 aliphatic carbocycles. The van der Waals surface area contributed by atoms with Crippen molar-refractivity contribution in [2.75, 3.05) is 13.2 Å². The quantitative estimate of drug-likeness (QED) is 0.0262. The van der Waals surface area contributed by atoms with E-state index in [9.17, 15) is 14.4 Å². The van der Waals surface area contributed by atoms with Crippen LogP contribution < -0.4 is 0 Å². The lowest BCUT2D eigenvalue weighted by Crippen LogP contribution is -2.30. The van der Waals surface area contributed by atoms with Crippen molar-refractivity contribution in [3.63, 3.8) is 0 Å². The second-order valence-electron chi connectivity index (χ2n) is 20.2. The molecule has 0 rings (SSSR count). The lowest BCUT2D eigenvalue weighted by Gasteiger charge is -2.18. The fourth-order valence-electron chi connectivity index (χ4n) is 8.70. The second-order valence-corrected chi connectivity index (χ2v) is 20.2. The molecular weight excluding hydrogens is 853 g/mol. The third-order valence-corrected chi connectivity index (χ3v) is 13.3. The lowest BCUT2D eigenvalue weighted by molar-refractivity contribution is -0.167. The van der Waals surface area contributed by atoms with E-state index >= 15 is 0 Å². The Bertz CT molecular complexity index is 1200. The Kier molecular flexibility index (Phi) is 55.7. The smallest absolute Gasteiger partial charge is 0.306 e. The van der Waals surface area contributed by atoms with Crippen LogP contribution in [0.1, 0.15) is 316 Å². The van der Waals surface area contributed by atoms with Gasteiger partial charge in [-0.05, 0) is 103 Å². The molecule has 0 unspecified atom stereocenters. The third-order valence-electron chi connectivity index (χ3n) is 13.3. The molecule has 0 aliphatic rings. The van der Waals surface area contributed by atoms with Gasteiger partial charge in [0, 0.05) is 19.3 Å². The maximum Gasteiger partial charge on any atom is 0.306 e. The van der Waals surface area contributed by atoms with E-state index in [0.29, 0.717) is 19.3 Å². The van der Waals surface area contributed by atoms with Gasteiger partial charge in [-0.2, -0.15) is 0 Å². The molecular formula is C63H114O6. The van der Waals surface area contributed by atoms with Crippen molar-refractivity contribution < 1.29 is 28.6 Å². The largest absolute Gasteiger partial charge is 0.462 e. The summed E-state index contributed by atoms with van der Waals surface area (Å²) in [7, 11) is 0. The first-order chi connectivity index (χ1) is 34.0. The van der Waals surface area contributed by atoms with E-state index in [0.717, 1.165) is 77.0 Å². The number of carbonyl (C=O) groups excluding carboxylic acids is 3. The van der Waals surface area contributed by atoms with Crippen LogP contribution in [0.3, 0.4) is 0 Å². The maximum atomic E-state index is 12.9. The molecule has 0 spiro atoms. The van der Waals surface area contributed by atoms with Crippen molar-refractivity contribution in [1.82, 2.24) is 0 Å². The minimum absolute atomic E-state index is 0.0787. The van der Waals surface area contributed by atoms with E-state index in [1.807, 2.05) is 0 Å². The number of unbranched alkanes of at least 4 members (excludes halogenated alkanes) is 36. The molecule has 402 valence electrons. The molecule has 0 saturated carbocycles. The van der Waals surface area contributed by atoms with Gasteiger partial charge in [-0.1, -0.05) is 243 Å². The molecule has 0 radical (unpaired) electrons. The highest BCUT2D eigenvalue weighted by Gasteiger charge is 2.19. The molecule has 0 aromatic rings. The van der Waals surface area contributed by atoms with Crippen LogP contribution >= 0.6 is 0 Å². The SMILES string of the molecule is CCCCC/C=C\C/C=C\CCCCCCCC(=O)OC[C@H](COC(=O)CCCCCCCCCCC/C=C\CCCCCCCC)OC(=O)CCCCCCCCC/C=C\CCCCCCCC. The fraction of sp³-hybridized carbons (Fsp3) is 0.825. The van der Waals surface area contributed by atoms with Crippen molar-refractivity contribution in [2.45, 2.75) is 322 Å².